The summed E-state index contributed by atoms with van der Waals surface area (Å²) in [7, 11) is 0. The second kappa shape index (κ2) is 4.28. The lowest BCUT2D eigenvalue weighted by molar-refractivity contribution is 0.423. The number of alkyl halides is 1. The largest absolute Gasteiger partial charge is 0.334 e. The number of halogens is 3. The van der Waals surface area contributed by atoms with Crippen LogP contribution < -0.4 is 0 Å². The quantitative estimate of drug-likeness (QED) is 0.796. The van der Waals surface area contributed by atoms with Gasteiger partial charge in [-0.05, 0) is 18.2 Å². The van der Waals surface area contributed by atoms with Gasteiger partial charge in [0.2, 0.25) is 0 Å². The van der Waals surface area contributed by atoms with Crippen molar-refractivity contribution in [2.45, 2.75) is 5.33 Å². The first-order chi connectivity index (χ1) is 7.20. The molecule has 3 nitrogen and oxygen atoms in total. The lowest BCUT2D eigenvalue weighted by Gasteiger charge is -1.96. The molecule has 0 fully saturated rings. The molecule has 0 radical (unpaired) electrons. The molecule has 6 heteroatoms. The summed E-state index contributed by atoms with van der Waals surface area (Å²) in [5.41, 5.74) is 0.249. The van der Waals surface area contributed by atoms with E-state index in [1.165, 1.54) is 12.1 Å². The summed E-state index contributed by atoms with van der Waals surface area (Å²) < 4.78 is 18.3. The topological polar surface area (TPSA) is 38.9 Å². The van der Waals surface area contributed by atoms with Gasteiger partial charge in [0.1, 0.15) is 5.82 Å². The highest BCUT2D eigenvalue weighted by atomic mass is 79.9. The predicted octanol–water partition coefficient (Wildman–Crippen LogP) is 3.42. The van der Waals surface area contributed by atoms with Crippen molar-refractivity contribution >= 4 is 27.5 Å². The van der Waals surface area contributed by atoms with Crippen molar-refractivity contribution < 1.29 is 8.91 Å². The van der Waals surface area contributed by atoms with E-state index in [2.05, 4.69) is 26.1 Å². The molecule has 0 saturated heterocycles. The molecule has 0 unspecified atom stereocenters. The van der Waals surface area contributed by atoms with Crippen LogP contribution in [0.3, 0.4) is 0 Å². The summed E-state index contributed by atoms with van der Waals surface area (Å²) in [6.45, 7) is 0. The lowest BCUT2D eigenvalue weighted by atomic mass is 10.2. The Labute approximate surface area is 98.4 Å². The SMILES string of the molecule is Fc1cc(Cl)ccc1-c1nc(CBr)no1. The molecule has 1 aromatic carbocycles. The molecule has 15 heavy (non-hydrogen) atoms. The Bertz CT molecular complexity index is 489. The monoisotopic (exact) mass is 290 g/mol. The number of hydrogen-bond acceptors (Lipinski definition) is 3. The number of aromatic nitrogens is 2. The summed E-state index contributed by atoms with van der Waals surface area (Å²) in [6.07, 6.45) is 0. The molecule has 0 aliphatic carbocycles. The van der Waals surface area contributed by atoms with Gasteiger partial charge in [-0.25, -0.2) is 4.39 Å². The second-order valence-electron chi connectivity index (χ2n) is 2.77. The number of hydrogen-bond donors (Lipinski definition) is 0. The first-order valence-electron chi connectivity index (χ1n) is 4.04. The van der Waals surface area contributed by atoms with E-state index in [0.717, 1.165) is 0 Å². The minimum atomic E-state index is -0.479. The third kappa shape index (κ3) is 2.18. The Kier molecular flexibility index (Phi) is 3.02. The lowest BCUT2D eigenvalue weighted by Crippen LogP contribution is -1.85. The van der Waals surface area contributed by atoms with Crippen LogP contribution in [-0.2, 0) is 5.33 Å². The van der Waals surface area contributed by atoms with Crippen LogP contribution in [0, 0.1) is 5.82 Å². The fraction of sp³-hybridized carbons (Fsp3) is 0.111. The minimum absolute atomic E-state index is 0.151. The van der Waals surface area contributed by atoms with Gasteiger partial charge in [-0.15, -0.1) is 0 Å². The van der Waals surface area contributed by atoms with Crippen LogP contribution in [0.1, 0.15) is 5.82 Å². The first-order valence-corrected chi connectivity index (χ1v) is 5.54. The number of rotatable bonds is 2. The minimum Gasteiger partial charge on any atom is -0.334 e. The fourth-order valence-electron chi connectivity index (χ4n) is 1.08. The highest BCUT2D eigenvalue weighted by Gasteiger charge is 2.12. The smallest absolute Gasteiger partial charge is 0.260 e. The Morgan fingerprint density at radius 3 is 2.87 bits per heavy atom. The Balaban J connectivity index is 2.44. The zero-order valence-corrected chi connectivity index (χ0v) is 9.72. The first kappa shape index (κ1) is 10.6. The maximum atomic E-state index is 13.4. The fourth-order valence-corrected chi connectivity index (χ4v) is 1.47. The zero-order chi connectivity index (χ0) is 10.8. The molecule has 78 valence electrons. The van der Waals surface area contributed by atoms with Crippen molar-refractivity contribution in [3.05, 3.63) is 34.9 Å². The van der Waals surface area contributed by atoms with Gasteiger partial charge in [0.05, 0.1) is 10.9 Å². The van der Waals surface area contributed by atoms with Gasteiger partial charge in [0.25, 0.3) is 5.89 Å². The van der Waals surface area contributed by atoms with Crippen LogP contribution in [0.15, 0.2) is 22.7 Å². The van der Waals surface area contributed by atoms with E-state index in [4.69, 9.17) is 16.1 Å². The zero-order valence-electron chi connectivity index (χ0n) is 7.38. The summed E-state index contributed by atoms with van der Waals surface area (Å²) in [5, 5.41) is 4.44. The third-order valence-electron chi connectivity index (χ3n) is 1.75. The molecule has 1 aromatic heterocycles. The molecule has 0 atom stereocenters. The van der Waals surface area contributed by atoms with Gasteiger partial charge in [-0.3, -0.25) is 0 Å². The van der Waals surface area contributed by atoms with E-state index in [1.807, 2.05) is 0 Å². The summed E-state index contributed by atoms with van der Waals surface area (Å²) >= 11 is 8.80. The maximum absolute atomic E-state index is 13.4. The Morgan fingerprint density at radius 1 is 1.47 bits per heavy atom. The van der Waals surface area contributed by atoms with Crippen molar-refractivity contribution in [2.75, 3.05) is 0 Å². The normalized spacial score (nSPS) is 10.6. The average molecular weight is 292 g/mol. The van der Waals surface area contributed by atoms with Gasteiger partial charge < -0.3 is 4.52 Å². The van der Waals surface area contributed by atoms with Crippen LogP contribution in [0.4, 0.5) is 4.39 Å². The van der Waals surface area contributed by atoms with E-state index in [0.29, 0.717) is 16.2 Å². The molecule has 2 aromatic rings. The standard InChI is InChI=1S/C9H5BrClFN2O/c10-4-8-13-9(15-14-8)6-2-1-5(11)3-7(6)12/h1-3H,4H2. The molecule has 2 rings (SSSR count). The molecule has 0 spiro atoms. The van der Waals surface area contributed by atoms with E-state index in [9.17, 15) is 4.39 Å². The molecule has 0 amide bonds. The van der Waals surface area contributed by atoms with Crippen LogP contribution >= 0.6 is 27.5 Å². The predicted molar refractivity (Wildman–Crippen MR) is 57.3 cm³/mol. The average Bonchev–Trinajstić information content (AvgIpc) is 2.66. The molecular formula is C9H5BrClFN2O. The van der Waals surface area contributed by atoms with Gasteiger partial charge in [0.15, 0.2) is 5.82 Å². The molecule has 0 aliphatic heterocycles. The highest BCUT2D eigenvalue weighted by Crippen LogP contribution is 2.24. The van der Waals surface area contributed by atoms with Crippen molar-refractivity contribution in [2.24, 2.45) is 0 Å². The van der Waals surface area contributed by atoms with Gasteiger partial charge in [-0.1, -0.05) is 32.7 Å². The van der Waals surface area contributed by atoms with Crippen molar-refractivity contribution in [1.29, 1.82) is 0 Å². The molecule has 0 aliphatic rings. The third-order valence-corrected chi connectivity index (χ3v) is 2.49. The maximum Gasteiger partial charge on any atom is 0.260 e. The number of benzene rings is 1. The van der Waals surface area contributed by atoms with Gasteiger partial charge >= 0.3 is 0 Å². The van der Waals surface area contributed by atoms with Gasteiger partial charge in [-0.2, -0.15) is 4.98 Å². The van der Waals surface area contributed by atoms with Crippen LogP contribution in [0.5, 0.6) is 0 Å². The summed E-state index contributed by atoms with van der Waals surface area (Å²) in [6, 6.07) is 4.27. The van der Waals surface area contributed by atoms with Crippen molar-refractivity contribution in [3.63, 3.8) is 0 Å². The molecule has 0 bridgehead atoms. The second-order valence-corrected chi connectivity index (χ2v) is 3.77. The van der Waals surface area contributed by atoms with Crippen molar-refractivity contribution in [3.8, 4) is 11.5 Å². The Hall–Kier alpha value is -0.940. The molecular weight excluding hydrogens is 286 g/mol. The summed E-state index contributed by atoms with van der Waals surface area (Å²) in [5.74, 6) is 0.144. The van der Waals surface area contributed by atoms with E-state index >= 15 is 0 Å². The van der Waals surface area contributed by atoms with Crippen LogP contribution in [-0.4, -0.2) is 10.1 Å². The molecule has 0 saturated carbocycles. The van der Waals surface area contributed by atoms with Crippen LogP contribution in [0.2, 0.25) is 5.02 Å². The molecule has 1 heterocycles. The van der Waals surface area contributed by atoms with E-state index in [-0.39, 0.29) is 11.5 Å². The Morgan fingerprint density at radius 2 is 2.27 bits per heavy atom. The number of nitrogens with zero attached hydrogens (tertiary/aromatic N) is 2. The van der Waals surface area contributed by atoms with Crippen LogP contribution in [0.25, 0.3) is 11.5 Å². The van der Waals surface area contributed by atoms with E-state index < -0.39 is 5.82 Å². The molecule has 0 N–H and O–H groups in total. The van der Waals surface area contributed by atoms with Gasteiger partial charge in [0, 0.05) is 5.02 Å². The summed E-state index contributed by atoms with van der Waals surface area (Å²) in [4.78, 5) is 3.98. The van der Waals surface area contributed by atoms with E-state index in [1.54, 1.807) is 6.07 Å². The highest BCUT2D eigenvalue weighted by molar-refractivity contribution is 9.08. The van der Waals surface area contributed by atoms with Crippen molar-refractivity contribution in [1.82, 2.24) is 10.1 Å².